The molecular formula is C18H28N2. The summed E-state index contributed by atoms with van der Waals surface area (Å²) in [4.78, 5) is 0. The van der Waals surface area contributed by atoms with E-state index in [-0.39, 0.29) is 0 Å². The van der Waals surface area contributed by atoms with E-state index in [1.807, 2.05) is 0 Å². The lowest BCUT2D eigenvalue weighted by molar-refractivity contribution is 0.266. The third-order valence-corrected chi connectivity index (χ3v) is 5.22. The molecule has 1 unspecified atom stereocenters. The number of benzene rings is 1. The van der Waals surface area contributed by atoms with Gasteiger partial charge in [0.05, 0.1) is 0 Å². The molecule has 2 aliphatic rings. The molecule has 1 aliphatic carbocycles. The van der Waals surface area contributed by atoms with Crippen LogP contribution >= 0.6 is 0 Å². The van der Waals surface area contributed by atoms with Crippen LogP contribution in [0, 0.1) is 5.92 Å². The lowest BCUT2D eigenvalue weighted by atomic mass is 9.84. The number of nitrogens with one attached hydrogen (secondary N) is 2. The van der Waals surface area contributed by atoms with E-state index in [0.717, 1.165) is 25.0 Å². The predicted molar refractivity (Wildman–Crippen MR) is 84.7 cm³/mol. The third-order valence-electron chi connectivity index (χ3n) is 5.22. The fraction of sp³-hybridized carbons (Fsp3) is 0.667. The largest absolute Gasteiger partial charge is 0.313 e. The summed E-state index contributed by atoms with van der Waals surface area (Å²) in [5.41, 5.74) is 3.00. The fourth-order valence-corrected chi connectivity index (χ4v) is 3.86. The van der Waals surface area contributed by atoms with Crippen LogP contribution in [0.3, 0.4) is 0 Å². The van der Waals surface area contributed by atoms with Gasteiger partial charge in [-0.2, -0.15) is 0 Å². The highest BCUT2D eigenvalue weighted by Crippen LogP contribution is 2.30. The van der Waals surface area contributed by atoms with Gasteiger partial charge in [0, 0.05) is 18.6 Å². The van der Waals surface area contributed by atoms with Crippen LogP contribution in [0.15, 0.2) is 24.3 Å². The maximum atomic E-state index is 3.96. The van der Waals surface area contributed by atoms with Gasteiger partial charge in [-0.05, 0) is 55.7 Å². The SMILES string of the molecule is CCC1CCC(NC2CCNCc3ccccc32)CC1. The first-order valence-corrected chi connectivity index (χ1v) is 8.41. The van der Waals surface area contributed by atoms with Crippen molar-refractivity contribution in [3.8, 4) is 0 Å². The average Bonchev–Trinajstić information content (AvgIpc) is 2.71. The Morgan fingerprint density at radius 3 is 2.70 bits per heavy atom. The summed E-state index contributed by atoms with van der Waals surface area (Å²) < 4.78 is 0. The van der Waals surface area contributed by atoms with E-state index in [4.69, 9.17) is 0 Å². The van der Waals surface area contributed by atoms with Crippen molar-refractivity contribution in [2.24, 2.45) is 5.92 Å². The molecule has 2 heteroatoms. The number of hydrogen-bond acceptors (Lipinski definition) is 2. The zero-order chi connectivity index (χ0) is 13.8. The van der Waals surface area contributed by atoms with E-state index in [1.165, 1.54) is 49.7 Å². The second-order valence-corrected chi connectivity index (χ2v) is 6.51. The monoisotopic (exact) mass is 272 g/mol. The van der Waals surface area contributed by atoms with Crippen LogP contribution in [0.25, 0.3) is 0 Å². The number of hydrogen-bond donors (Lipinski definition) is 2. The van der Waals surface area contributed by atoms with Crippen molar-refractivity contribution in [2.45, 2.75) is 64.1 Å². The lowest BCUT2D eigenvalue weighted by Gasteiger charge is -2.32. The van der Waals surface area contributed by atoms with Gasteiger partial charge in [0.15, 0.2) is 0 Å². The molecule has 1 fully saturated rings. The summed E-state index contributed by atoms with van der Waals surface area (Å²) in [7, 11) is 0. The van der Waals surface area contributed by atoms with Gasteiger partial charge in [0.1, 0.15) is 0 Å². The first-order chi connectivity index (χ1) is 9.86. The molecule has 1 heterocycles. The Labute approximate surface area is 123 Å². The van der Waals surface area contributed by atoms with Gasteiger partial charge in [-0.15, -0.1) is 0 Å². The molecule has 1 atom stereocenters. The molecule has 1 aliphatic heterocycles. The van der Waals surface area contributed by atoms with Crippen LogP contribution in [-0.2, 0) is 6.54 Å². The molecule has 0 spiro atoms. The van der Waals surface area contributed by atoms with Gasteiger partial charge in [-0.3, -0.25) is 0 Å². The van der Waals surface area contributed by atoms with E-state index in [9.17, 15) is 0 Å². The second kappa shape index (κ2) is 6.73. The first-order valence-electron chi connectivity index (χ1n) is 8.41. The Morgan fingerprint density at radius 1 is 1.10 bits per heavy atom. The minimum atomic E-state index is 0.546. The molecule has 0 amide bonds. The first kappa shape index (κ1) is 14.1. The summed E-state index contributed by atoms with van der Waals surface area (Å²) in [6, 6.07) is 10.2. The van der Waals surface area contributed by atoms with E-state index >= 15 is 0 Å². The van der Waals surface area contributed by atoms with Gasteiger partial charge in [-0.25, -0.2) is 0 Å². The van der Waals surface area contributed by atoms with Crippen LogP contribution in [-0.4, -0.2) is 12.6 Å². The molecule has 0 bridgehead atoms. The standard InChI is InChI=1S/C18H28N2/c1-2-14-7-9-16(10-8-14)20-18-11-12-19-13-15-5-3-4-6-17(15)18/h3-6,14,16,18-20H,2,7-13H2,1H3. The van der Waals surface area contributed by atoms with Gasteiger partial charge >= 0.3 is 0 Å². The molecule has 1 aromatic rings. The molecule has 2 N–H and O–H groups in total. The molecule has 0 radical (unpaired) electrons. The van der Waals surface area contributed by atoms with Crippen LogP contribution in [0.2, 0.25) is 0 Å². The average molecular weight is 272 g/mol. The molecule has 1 saturated carbocycles. The maximum absolute atomic E-state index is 3.96. The summed E-state index contributed by atoms with van der Waals surface area (Å²) in [6.07, 6.45) is 8.14. The summed E-state index contributed by atoms with van der Waals surface area (Å²) >= 11 is 0. The Hall–Kier alpha value is -0.860. The van der Waals surface area contributed by atoms with Crippen molar-refractivity contribution < 1.29 is 0 Å². The summed E-state index contributed by atoms with van der Waals surface area (Å²) in [5.74, 6) is 0.983. The smallest absolute Gasteiger partial charge is 0.0337 e. The van der Waals surface area contributed by atoms with Gasteiger partial charge in [-0.1, -0.05) is 37.6 Å². The van der Waals surface area contributed by atoms with Crippen molar-refractivity contribution >= 4 is 0 Å². The van der Waals surface area contributed by atoms with Crippen molar-refractivity contribution in [3.63, 3.8) is 0 Å². The van der Waals surface area contributed by atoms with Gasteiger partial charge < -0.3 is 10.6 Å². The van der Waals surface area contributed by atoms with Gasteiger partial charge in [0.25, 0.3) is 0 Å². The summed E-state index contributed by atoms with van der Waals surface area (Å²) in [5, 5.41) is 7.51. The molecule has 110 valence electrons. The molecule has 0 aromatic heterocycles. The second-order valence-electron chi connectivity index (χ2n) is 6.51. The van der Waals surface area contributed by atoms with E-state index in [0.29, 0.717) is 6.04 Å². The van der Waals surface area contributed by atoms with Crippen LogP contribution < -0.4 is 10.6 Å². The molecule has 20 heavy (non-hydrogen) atoms. The fourth-order valence-electron chi connectivity index (χ4n) is 3.86. The zero-order valence-corrected chi connectivity index (χ0v) is 12.7. The van der Waals surface area contributed by atoms with Gasteiger partial charge in [0.2, 0.25) is 0 Å². The van der Waals surface area contributed by atoms with E-state index in [2.05, 4.69) is 41.8 Å². The highest BCUT2D eigenvalue weighted by molar-refractivity contribution is 5.31. The minimum Gasteiger partial charge on any atom is -0.313 e. The van der Waals surface area contributed by atoms with Crippen molar-refractivity contribution in [3.05, 3.63) is 35.4 Å². The quantitative estimate of drug-likeness (QED) is 0.875. The molecule has 1 aromatic carbocycles. The minimum absolute atomic E-state index is 0.546. The molecule has 3 rings (SSSR count). The van der Waals surface area contributed by atoms with Crippen LogP contribution in [0.4, 0.5) is 0 Å². The van der Waals surface area contributed by atoms with Crippen LogP contribution in [0.1, 0.15) is 62.6 Å². The Kier molecular flexibility index (Phi) is 4.74. The van der Waals surface area contributed by atoms with Crippen molar-refractivity contribution in [1.29, 1.82) is 0 Å². The lowest BCUT2D eigenvalue weighted by Crippen LogP contribution is -2.36. The van der Waals surface area contributed by atoms with Crippen LogP contribution in [0.5, 0.6) is 0 Å². The topological polar surface area (TPSA) is 24.1 Å². The number of fused-ring (bicyclic) bond motifs is 1. The van der Waals surface area contributed by atoms with E-state index < -0.39 is 0 Å². The Bertz CT molecular complexity index is 421. The van der Waals surface area contributed by atoms with E-state index in [1.54, 1.807) is 0 Å². The Morgan fingerprint density at radius 2 is 1.90 bits per heavy atom. The normalized spacial score (nSPS) is 30.6. The zero-order valence-electron chi connectivity index (χ0n) is 12.7. The summed E-state index contributed by atoms with van der Waals surface area (Å²) in [6.45, 7) is 4.49. The third kappa shape index (κ3) is 3.24. The highest BCUT2D eigenvalue weighted by atomic mass is 15.0. The van der Waals surface area contributed by atoms with Crippen molar-refractivity contribution in [1.82, 2.24) is 10.6 Å². The molecule has 0 saturated heterocycles. The molecular weight excluding hydrogens is 244 g/mol. The van der Waals surface area contributed by atoms with Crippen molar-refractivity contribution in [2.75, 3.05) is 6.54 Å². The number of rotatable bonds is 3. The maximum Gasteiger partial charge on any atom is 0.0337 e. The molecule has 2 nitrogen and oxygen atoms in total. The Balaban J connectivity index is 1.65. The highest BCUT2D eigenvalue weighted by Gasteiger charge is 2.24. The predicted octanol–water partition coefficient (Wildman–Crippen LogP) is 3.78.